The molecule has 5 aromatic rings. The predicted molar refractivity (Wildman–Crippen MR) is 147 cm³/mol. The number of aromatic nitrogens is 6. The van der Waals surface area contributed by atoms with Gasteiger partial charge < -0.3 is 0 Å². The van der Waals surface area contributed by atoms with Gasteiger partial charge in [-0.3, -0.25) is 4.98 Å². The van der Waals surface area contributed by atoms with Crippen LogP contribution in [0.5, 0.6) is 0 Å². The average Bonchev–Trinajstić information content (AvgIpc) is 3.61. The van der Waals surface area contributed by atoms with Gasteiger partial charge >= 0.3 is 171 Å². The topological polar surface area (TPSA) is 131 Å². The molecule has 1 unspecified atom stereocenters. The van der Waals surface area contributed by atoms with Crippen LogP contribution in [0.1, 0.15) is 11.5 Å². The van der Waals surface area contributed by atoms with Crippen LogP contribution in [-0.2, 0) is 0 Å². The normalized spacial score (nSPS) is 17.3. The summed E-state index contributed by atoms with van der Waals surface area (Å²) in [7, 11) is 2.08. The van der Waals surface area contributed by atoms with Crippen molar-refractivity contribution in [2.24, 2.45) is 4.99 Å². The molecule has 1 fully saturated rings. The van der Waals surface area contributed by atoms with E-state index in [1.165, 1.54) is 12.1 Å². The third-order valence-corrected chi connectivity index (χ3v) is 10.3. The number of rotatable bonds is 4. The number of aromatic amines is 2. The van der Waals surface area contributed by atoms with Crippen molar-refractivity contribution in [3.05, 3.63) is 77.2 Å². The number of halogens is 2. The zero-order valence-electron chi connectivity index (χ0n) is 22.0. The quantitative estimate of drug-likeness (QED) is 0.103. The number of amides is 2. The second kappa shape index (κ2) is 10.6. The molecule has 7 rings (SSSR count). The number of carbonyl (C=O) groups is 1. The maximum atomic E-state index is 13.9. The molecule has 0 spiro atoms. The first-order chi connectivity index (χ1) is 20.0. The molecule has 3 N–H and O–H groups in total. The Morgan fingerprint density at radius 3 is 2.90 bits per heavy atom. The zero-order valence-corrected chi connectivity index (χ0v) is 24.1. The SMILES string of the molecule is CN1CCN(C(=O)Nc2cncc(C3C=c4c(-c5nc6c(-c7cccc(F)c7)cncc6[nH]5)n[nH]c4=NC3)c2)[I-]C1. The van der Waals surface area contributed by atoms with E-state index in [1.54, 1.807) is 30.9 Å². The third-order valence-electron chi connectivity index (χ3n) is 7.09. The Hall–Kier alpha value is -4.24. The molecule has 0 saturated carbocycles. The van der Waals surface area contributed by atoms with Crippen LogP contribution in [0, 0.1) is 5.82 Å². The van der Waals surface area contributed by atoms with E-state index in [2.05, 4.69) is 48.5 Å². The number of nitrogens with zero attached hydrogens (tertiary/aromatic N) is 7. The number of nitrogens with one attached hydrogen (secondary N) is 3. The van der Waals surface area contributed by atoms with Gasteiger partial charge in [-0.25, -0.2) is 4.39 Å². The maximum absolute atomic E-state index is 13.9. The number of urea groups is 1. The molecule has 2 aliphatic heterocycles. The van der Waals surface area contributed by atoms with Gasteiger partial charge in [0, 0.05) is 11.8 Å². The summed E-state index contributed by atoms with van der Waals surface area (Å²) in [6.07, 6.45) is 8.96. The number of anilines is 1. The molecule has 2 amide bonds. The van der Waals surface area contributed by atoms with Gasteiger partial charge in [-0.1, -0.05) is 12.1 Å². The molecule has 208 valence electrons. The number of fused-ring (bicyclic) bond motifs is 2. The number of H-pyrrole nitrogens is 2. The molecule has 11 nitrogen and oxygen atoms in total. The summed E-state index contributed by atoms with van der Waals surface area (Å²) in [6.45, 7) is 2.14. The fourth-order valence-electron chi connectivity index (χ4n) is 4.96. The molecule has 1 saturated heterocycles. The summed E-state index contributed by atoms with van der Waals surface area (Å²) in [6, 6.07) is 8.26. The second-order valence-electron chi connectivity index (χ2n) is 9.97. The van der Waals surface area contributed by atoms with Gasteiger partial charge in [0.05, 0.1) is 17.2 Å². The molecule has 0 aliphatic carbocycles. The van der Waals surface area contributed by atoms with Gasteiger partial charge in [-0.05, 0) is 17.7 Å². The Balaban J connectivity index is 1.19. The Morgan fingerprint density at radius 1 is 1.15 bits per heavy atom. The van der Waals surface area contributed by atoms with Crippen molar-refractivity contribution in [2.45, 2.75) is 5.92 Å². The van der Waals surface area contributed by atoms with Crippen molar-refractivity contribution in [3.63, 3.8) is 0 Å². The summed E-state index contributed by atoms with van der Waals surface area (Å²) in [5.74, 6) is 0.177. The van der Waals surface area contributed by atoms with E-state index < -0.39 is 0 Å². The average molecular weight is 663 g/mol. The Morgan fingerprint density at radius 2 is 2.05 bits per heavy atom. The van der Waals surface area contributed by atoms with Crippen LogP contribution < -0.4 is 37.5 Å². The van der Waals surface area contributed by atoms with E-state index in [1.807, 2.05) is 15.2 Å². The van der Waals surface area contributed by atoms with Crippen molar-refractivity contribution in [1.82, 2.24) is 38.1 Å². The number of hydrogen-bond donors (Lipinski definition) is 3. The number of likely N-dealkylation sites (N-methyl/N-ethyl adjacent to an activating group) is 1. The zero-order chi connectivity index (χ0) is 27.9. The Kier molecular flexibility index (Phi) is 6.66. The molecule has 2 aliphatic rings. The number of benzene rings is 1. The molecule has 13 heteroatoms. The van der Waals surface area contributed by atoms with E-state index in [0.717, 1.165) is 39.5 Å². The molecule has 0 bridgehead atoms. The van der Waals surface area contributed by atoms with E-state index in [4.69, 9.17) is 9.98 Å². The molecule has 1 atom stereocenters. The van der Waals surface area contributed by atoms with Crippen molar-refractivity contribution < 1.29 is 30.7 Å². The van der Waals surface area contributed by atoms with E-state index in [-0.39, 0.29) is 39.2 Å². The third kappa shape index (κ3) is 5.06. The molecule has 0 radical (unpaired) electrons. The van der Waals surface area contributed by atoms with Crippen molar-refractivity contribution in [2.75, 3.05) is 36.6 Å². The van der Waals surface area contributed by atoms with Crippen molar-refractivity contribution in [3.8, 4) is 22.6 Å². The first kappa shape index (κ1) is 25.7. The van der Waals surface area contributed by atoms with E-state index in [9.17, 15) is 9.18 Å². The minimum absolute atomic E-state index is 0.0619. The summed E-state index contributed by atoms with van der Waals surface area (Å²) < 4.78 is 16.8. The number of alkyl halides is 1. The van der Waals surface area contributed by atoms with Crippen LogP contribution >= 0.6 is 0 Å². The minimum atomic E-state index is -0.361. The fourth-order valence-corrected chi connectivity index (χ4v) is 7.18. The molecule has 1 aromatic carbocycles. The molecule has 4 aromatic heterocycles. The van der Waals surface area contributed by atoms with E-state index >= 15 is 0 Å². The summed E-state index contributed by atoms with van der Waals surface area (Å²) >= 11 is -0.361. The van der Waals surface area contributed by atoms with Crippen molar-refractivity contribution in [1.29, 1.82) is 0 Å². The van der Waals surface area contributed by atoms with Gasteiger partial charge in [-0.15, -0.1) is 0 Å². The van der Waals surface area contributed by atoms with Crippen LogP contribution in [0.2, 0.25) is 0 Å². The second-order valence-corrected chi connectivity index (χ2v) is 12.5. The van der Waals surface area contributed by atoms with Gasteiger partial charge in [0.15, 0.2) is 0 Å². The number of pyridine rings is 2. The first-order valence-electron chi connectivity index (χ1n) is 13.0. The number of hydrogen-bond acceptors (Lipinski definition) is 7. The van der Waals surface area contributed by atoms with Gasteiger partial charge in [0.1, 0.15) is 5.82 Å². The predicted octanol–water partition coefficient (Wildman–Crippen LogP) is -0.513. The fraction of sp³-hybridized carbons (Fsp3) is 0.214. The van der Waals surface area contributed by atoms with Crippen LogP contribution in [0.15, 0.2) is 60.1 Å². The van der Waals surface area contributed by atoms with E-state index in [0.29, 0.717) is 40.3 Å². The Labute approximate surface area is 244 Å². The standard InChI is InChI=1S/C28H25FIN10O/c1-39-5-6-40(30-15-39)28(41)34-20-8-17(10-31-12-20)18-9-21-25(37-38-26(21)33-11-18)27-35-23-14-32-13-22(24(23)36-27)16-3-2-4-19(29)7-16/h2-4,7-10,12-14,18H,5-6,11,15H2,1H3,(H,33,38)(H,34,41)(H,35,36)/q-1. The van der Waals surface area contributed by atoms with Crippen LogP contribution in [-0.4, -0.2) is 75.4 Å². The van der Waals surface area contributed by atoms with Crippen LogP contribution in [0.4, 0.5) is 14.9 Å². The summed E-state index contributed by atoms with van der Waals surface area (Å²) in [5.41, 5.74) is 5.74. The van der Waals surface area contributed by atoms with Gasteiger partial charge in [-0.2, -0.15) is 0 Å². The monoisotopic (exact) mass is 663 g/mol. The van der Waals surface area contributed by atoms with Crippen molar-refractivity contribution >= 4 is 28.8 Å². The molecule has 6 heterocycles. The van der Waals surface area contributed by atoms with Gasteiger partial charge in [0.2, 0.25) is 0 Å². The molecular weight excluding hydrogens is 638 g/mol. The molecule has 41 heavy (non-hydrogen) atoms. The summed E-state index contributed by atoms with van der Waals surface area (Å²) in [4.78, 5) is 36.7. The Bertz CT molecular complexity index is 1900. The number of carbonyl (C=O) groups excluding carboxylic acids is 1. The molecular formula is C28H25FIN10O-. The number of imidazole rings is 1. The summed E-state index contributed by atoms with van der Waals surface area (Å²) in [5, 5.41) is 11.4. The van der Waals surface area contributed by atoms with Gasteiger partial charge in [0.25, 0.3) is 0 Å². The first-order valence-corrected chi connectivity index (χ1v) is 15.5. The van der Waals surface area contributed by atoms with Crippen LogP contribution in [0.3, 0.4) is 0 Å². The van der Waals surface area contributed by atoms with Crippen LogP contribution in [0.25, 0.3) is 39.8 Å².